The lowest BCUT2D eigenvalue weighted by Gasteiger charge is -2.20. The van der Waals surface area contributed by atoms with Crippen molar-refractivity contribution in [1.82, 2.24) is 4.72 Å². The first kappa shape index (κ1) is 14.7. The van der Waals surface area contributed by atoms with Crippen LogP contribution < -0.4 is 4.72 Å². The summed E-state index contributed by atoms with van der Waals surface area (Å²) in [5.41, 5.74) is 0. The molecule has 1 unspecified atom stereocenters. The summed E-state index contributed by atoms with van der Waals surface area (Å²) in [6.07, 6.45) is 0.427. The Labute approximate surface area is 88.7 Å². The van der Waals surface area contributed by atoms with E-state index >= 15 is 0 Å². The van der Waals surface area contributed by atoms with Gasteiger partial charge in [0.2, 0.25) is 0 Å². The molecule has 0 fully saturated rings. The van der Waals surface area contributed by atoms with Gasteiger partial charge in [0.05, 0.1) is 6.10 Å². The summed E-state index contributed by atoms with van der Waals surface area (Å²) in [5.74, 6) is -3.53. The van der Waals surface area contributed by atoms with Crippen LogP contribution in [0.3, 0.4) is 0 Å². The van der Waals surface area contributed by atoms with Crippen molar-refractivity contribution in [2.75, 3.05) is 6.54 Å². The van der Waals surface area contributed by atoms with Crippen LogP contribution in [0.2, 0.25) is 0 Å². The van der Waals surface area contributed by atoms with Gasteiger partial charge in [0.1, 0.15) is 0 Å². The minimum absolute atomic E-state index is 0.0784. The minimum Gasteiger partial charge on any atom is -0.391 e. The Morgan fingerprint density at radius 2 is 1.73 bits per heavy atom. The van der Waals surface area contributed by atoms with Crippen LogP contribution in [0.25, 0.3) is 0 Å². The molecule has 0 heterocycles. The van der Waals surface area contributed by atoms with E-state index in [1.54, 1.807) is 4.72 Å². The number of hydrogen-bond donors (Lipinski definition) is 2. The highest BCUT2D eigenvalue weighted by molar-refractivity contribution is 7.89. The molecule has 0 saturated carbocycles. The van der Waals surface area contributed by atoms with Gasteiger partial charge in [-0.25, -0.2) is 13.1 Å². The van der Waals surface area contributed by atoms with E-state index in [9.17, 15) is 22.3 Å². The van der Waals surface area contributed by atoms with Crippen LogP contribution in [0.1, 0.15) is 26.7 Å². The number of aliphatic hydroxyl groups excluding tert-OH is 1. The molecule has 0 amide bonds. The highest BCUT2D eigenvalue weighted by atomic mass is 32.2. The Morgan fingerprint density at radius 3 is 2.07 bits per heavy atom. The summed E-state index contributed by atoms with van der Waals surface area (Å²) in [4.78, 5) is 0. The fourth-order valence-corrected chi connectivity index (χ4v) is 1.79. The summed E-state index contributed by atoms with van der Waals surface area (Å²) in [7, 11) is -4.59. The maximum absolute atomic E-state index is 11.9. The maximum atomic E-state index is 11.9. The summed E-state index contributed by atoms with van der Waals surface area (Å²) < 4.78 is 46.8. The van der Waals surface area contributed by atoms with Gasteiger partial charge in [-0.05, 0) is 5.92 Å². The van der Waals surface area contributed by atoms with Crippen molar-refractivity contribution in [3.63, 3.8) is 0 Å². The summed E-state index contributed by atoms with van der Waals surface area (Å²) in [6.45, 7) is 3.33. The largest absolute Gasteiger partial charge is 0.391 e. The van der Waals surface area contributed by atoms with E-state index in [0.717, 1.165) is 0 Å². The zero-order chi connectivity index (χ0) is 12.1. The number of rotatable bonds is 7. The minimum atomic E-state index is -4.59. The topological polar surface area (TPSA) is 66.4 Å². The first-order valence-corrected chi connectivity index (χ1v) is 6.34. The molecule has 7 heteroatoms. The number of halogens is 2. The molecule has 0 aliphatic carbocycles. The van der Waals surface area contributed by atoms with Gasteiger partial charge in [-0.3, -0.25) is 0 Å². The van der Waals surface area contributed by atoms with Gasteiger partial charge >= 0.3 is 5.76 Å². The number of aliphatic hydroxyl groups is 1. The van der Waals surface area contributed by atoms with Crippen LogP contribution in [0.15, 0.2) is 0 Å². The Hall–Kier alpha value is -0.270. The first-order valence-electron chi connectivity index (χ1n) is 4.79. The van der Waals surface area contributed by atoms with Gasteiger partial charge < -0.3 is 5.11 Å². The second-order valence-corrected chi connectivity index (χ2v) is 5.03. The number of alkyl halides is 2. The Balaban J connectivity index is 4.16. The zero-order valence-corrected chi connectivity index (χ0v) is 9.60. The van der Waals surface area contributed by atoms with Crippen LogP contribution in [-0.2, 0) is 10.0 Å². The molecule has 0 spiro atoms. The third kappa shape index (κ3) is 4.85. The van der Waals surface area contributed by atoms with E-state index in [2.05, 4.69) is 0 Å². The molecule has 0 saturated heterocycles. The second-order valence-electron chi connectivity index (χ2n) is 3.30. The predicted molar refractivity (Wildman–Crippen MR) is 53.0 cm³/mol. The fraction of sp³-hybridized carbons (Fsp3) is 1.00. The van der Waals surface area contributed by atoms with Crippen molar-refractivity contribution >= 4 is 10.0 Å². The second kappa shape index (κ2) is 6.34. The zero-order valence-electron chi connectivity index (χ0n) is 8.78. The number of hydrogen-bond acceptors (Lipinski definition) is 3. The third-order valence-electron chi connectivity index (χ3n) is 2.32. The van der Waals surface area contributed by atoms with Gasteiger partial charge in [0, 0.05) is 6.54 Å². The average molecular weight is 245 g/mol. The quantitative estimate of drug-likeness (QED) is 0.701. The van der Waals surface area contributed by atoms with Crippen LogP contribution in [0.4, 0.5) is 8.78 Å². The van der Waals surface area contributed by atoms with Crippen molar-refractivity contribution in [2.24, 2.45) is 5.92 Å². The molecule has 0 aromatic rings. The Kier molecular flexibility index (Phi) is 6.23. The molecule has 0 bridgehead atoms. The lowest BCUT2D eigenvalue weighted by atomic mass is 9.97. The Morgan fingerprint density at radius 1 is 1.27 bits per heavy atom. The van der Waals surface area contributed by atoms with Crippen LogP contribution in [-0.4, -0.2) is 31.9 Å². The molecular formula is C8H17F2NO3S. The summed E-state index contributed by atoms with van der Waals surface area (Å²) >= 11 is 0. The van der Waals surface area contributed by atoms with Gasteiger partial charge in [-0.2, -0.15) is 8.78 Å². The van der Waals surface area contributed by atoms with Crippen LogP contribution in [0.5, 0.6) is 0 Å². The highest BCUT2D eigenvalue weighted by Crippen LogP contribution is 2.13. The van der Waals surface area contributed by atoms with Crippen LogP contribution in [0, 0.1) is 5.92 Å². The van der Waals surface area contributed by atoms with Gasteiger partial charge in [-0.1, -0.05) is 26.7 Å². The molecule has 15 heavy (non-hydrogen) atoms. The molecular weight excluding hydrogens is 228 g/mol. The van der Waals surface area contributed by atoms with E-state index in [4.69, 9.17) is 0 Å². The number of nitrogens with one attached hydrogen (secondary N) is 1. The van der Waals surface area contributed by atoms with E-state index in [1.807, 2.05) is 13.8 Å². The van der Waals surface area contributed by atoms with Gasteiger partial charge in [-0.15, -0.1) is 0 Å². The maximum Gasteiger partial charge on any atom is 0.350 e. The lowest BCUT2D eigenvalue weighted by molar-refractivity contribution is 0.106. The van der Waals surface area contributed by atoms with E-state index in [1.165, 1.54) is 0 Å². The van der Waals surface area contributed by atoms with Gasteiger partial charge in [0.15, 0.2) is 0 Å². The molecule has 0 aromatic carbocycles. The van der Waals surface area contributed by atoms with E-state index < -0.39 is 21.9 Å². The lowest BCUT2D eigenvalue weighted by Crippen LogP contribution is -2.38. The highest BCUT2D eigenvalue weighted by Gasteiger charge is 2.25. The standard InChI is InChI=1S/C8H17F2NO3S/c1-3-6(4-2)7(12)5-11-15(13,14)8(9)10/h6-8,11-12H,3-5H2,1-2H3. The van der Waals surface area contributed by atoms with Crippen molar-refractivity contribution < 1.29 is 22.3 Å². The summed E-state index contributed by atoms with van der Waals surface area (Å²) in [6, 6.07) is 0. The molecule has 0 aliphatic rings. The van der Waals surface area contributed by atoms with E-state index in [-0.39, 0.29) is 12.5 Å². The number of sulfonamides is 1. The monoisotopic (exact) mass is 245 g/mol. The Bertz CT molecular complexity index is 265. The molecule has 2 N–H and O–H groups in total. The summed E-state index contributed by atoms with van der Waals surface area (Å²) in [5, 5.41) is 9.48. The van der Waals surface area contributed by atoms with Crippen molar-refractivity contribution in [2.45, 2.75) is 38.6 Å². The normalized spacial score (nSPS) is 14.9. The van der Waals surface area contributed by atoms with Crippen molar-refractivity contribution in [3.8, 4) is 0 Å². The smallest absolute Gasteiger partial charge is 0.350 e. The van der Waals surface area contributed by atoms with Crippen molar-refractivity contribution in [3.05, 3.63) is 0 Å². The fourth-order valence-electron chi connectivity index (χ4n) is 1.26. The third-order valence-corrected chi connectivity index (χ3v) is 3.36. The predicted octanol–water partition coefficient (Wildman–Crippen LogP) is 0.926. The first-order chi connectivity index (χ1) is 6.85. The molecule has 92 valence electrons. The van der Waals surface area contributed by atoms with Crippen LogP contribution >= 0.6 is 0 Å². The SMILES string of the molecule is CCC(CC)C(O)CNS(=O)(=O)C(F)F. The molecule has 4 nitrogen and oxygen atoms in total. The molecule has 0 aromatic heterocycles. The van der Waals surface area contributed by atoms with Gasteiger partial charge in [0.25, 0.3) is 10.0 Å². The van der Waals surface area contributed by atoms with E-state index in [0.29, 0.717) is 12.8 Å². The average Bonchev–Trinajstić information content (AvgIpc) is 2.16. The molecule has 0 aliphatic heterocycles. The molecule has 0 rings (SSSR count). The van der Waals surface area contributed by atoms with Crippen molar-refractivity contribution in [1.29, 1.82) is 0 Å². The molecule has 0 radical (unpaired) electrons. The molecule has 1 atom stereocenters.